The highest BCUT2D eigenvalue weighted by atomic mass is 31.0. The maximum atomic E-state index is 10.8. The van der Waals surface area contributed by atoms with Crippen LogP contribution >= 0.6 is 9.39 Å². The van der Waals surface area contributed by atoms with Crippen molar-refractivity contribution in [3.05, 3.63) is 0 Å². The Morgan fingerprint density at radius 1 is 1.33 bits per heavy atom. The molecule has 1 atom stereocenters. The van der Waals surface area contributed by atoms with Gasteiger partial charge in [0, 0.05) is 25.9 Å². The molecule has 1 saturated heterocycles. The molecule has 0 aliphatic carbocycles. The van der Waals surface area contributed by atoms with Gasteiger partial charge in [0.2, 0.25) is 0 Å². The predicted molar refractivity (Wildman–Crippen MR) is 40.1 cm³/mol. The fourth-order valence-corrected chi connectivity index (χ4v) is 1.30. The average Bonchev–Trinajstić information content (AvgIpc) is 1.97. The van der Waals surface area contributed by atoms with Gasteiger partial charge in [-0.25, -0.2) is 0 Å². The summed E-state index contributed by atoms with van der Waals surface area (Å²) in [6.45, 7) is 1.97. The highest BCUT2D eigenvalue weighted by Crippen LogP contribution is 2.09. The molecule has 52 valence electrons. The van der Waals surface area contributed by atoms with E-state index in [1.807, 2.05) is 0 Å². The van der Waals surface area contributed by atoms with Gasteiger partial charge in [-0.3, -0.25) is 9.46 Å². The van der Waals surface area contributed by atoms with E-state index in [0.717, 1.165) is 32.4 Å². The summed E-state index contributed by atoms with van der Waals surface area (Å²) in [5.74, 6) is 0.417. The summed E-state index contributed by atoms with van der Waals surface area (Å²) in [6.07, 6.45) is 2.55. The van der Waals surface area contributed by atoms with Crippen LogP contribution in [-0.4, -0.2) is 23.5 Å². The predicted octanol–water partition coefficient (Wildman–Crippen LogP) is 0.831. The Hall–Kier alpha value is 0.0600. The second-order valence-corrected chi connectivity index (χ2v) is 3.16. The number of nitrogens with zero attached hydrogens (tertiary/aromatic N) is 1. The Labute approximate surface area is 57.9 Å². The molecule has 0 aromatic heterocycles. The Morgan fingerprint density at radius 2 is 2.11 bits per heavy atom. The molecule has 0 N–H and O–H groups in total. The first-order chi connectivity index (χ1) is 4.29. The van der Waals surface area contributed by atoms with Gasteiger partial charge >= 0.3 is 0 Å². The van der Waals surface area contributed by atoms with Gasteiger partial charge in [0.05, 0.1) is 0 Å². The van der Waals surface area contributed by atoms with Crippen molar-refractivity contribution in [3.8, 4) is 0 Å². The number of carbonyl (C=O) groups excluding carboxylic acids is 1. The van der Waals surface area contributed by atoms with Crippen LogP contribution in [0.3, 0.4) is 0 Å². The van der Waals surface area contributed by atoms with Crippen LogP contribution in [0.4, 0.5) is 0 Å². The summed E-state index contributed by atoms with van der Waals surface area (Å²) in [5.41, 5.74) is 0. The van der Waals surface area contributed by atoms with Crippen molar-refractivity contribution in [1.82, 2.24) is 4.67 Å². The van der Waals surface area contributed by atoms with Crippen LogP contribution in [0.15, 0.2) is 0 Å². The molecule has 1 heterocycles. The highest BCUT2D eigenvalue weighted by molar-refractivity contribution is 7.13. The maximum Gasteiger partial charge on any atom is 0.134 e. The lowest BCUT2D eigenvalue weighted by Gasteiger charge is -2.09. The second kappa shape index (κ2) is 3.28. The Morgan fingerprint density at radius 3 is 2.89 bits per heavy atom. The molecule has 1 fully saturated rings. The highest BCUT2D eigenvalue weighted by Gasteiger charge is 2.09. The van der Waals surface area contributed by atoms with Gasteiger partial charge in [-0.15, -0.1) is 0 Å². The normalized spacial score (nSPS) is 23.9. The summed E-state index contributed by atoms with van der Waals surface area (Å²) in [6, 6.07) is 0. The minimum absolute atomic E-state index is 0.417. The van der Waals surface area contributed by atoms with E-state index in [9.17, 15) is 4.79 Å². The lowest BCUT2D eigenvalue weighted by Crippen LogP contribution is -2.11. The molecular formula is C6H12NOP. The zero-order valence-corrected chi connectivity index (χ0v) is 6.62. The number of carbonyl (C=O) groups is 1. The molecule has 9 heavy (non-hydrogen) atoms. The van der Waals surface area contributed by atoms with Crippen LogP contribution in [-0.2, 0) is 4.79 Å². The van der Waals surface area contributed by atoms with E-state index in [4.69, 9.17) is 0 Å². The lowest BCUT2D eigenvalue weighted by atomic mass is 10.2. The molecule has 0 bridgehead atoms. The van der Waals surface area contributed by atoms with Crippen LogP contribution in [0.5, 0.6) is 0 Å². The van der Waals surface area contributed by atoms with E-state index in [1.165, 1.54) is 0 Å². The molecule has 0 saturated carbocycles. The Kier molecular flexibility index (Phi) is 2.62. The third kappa shape index (κ3) is 2.42. The summed E-state index contributed by atoms with van der Waals surface area (Å²) >= 11 is 0. The zero-order valence-electron chi connectivity index (χ0n) is 5.47. The summed E-state index contributed by atoms with van der Waals surface area (Å²) in [4.78, 5) is 10.8. The smallest absolute Gasteiger partial charge is 0.134 e. The SMILES string of the molecule is O=C1CCCN(P)CC1. The van der Waals surface area contributed by atoms with Crippen molar-refractivity contribution in [2.24, 2.45) is 0 Å². The molecule has 1 aliphatic heterocycles. The largest absolute Gasteiger partial charge is 0.300 e. The molecule has 0 spiro atoms. The van der Waals surface area contributed by atoms with Crippen molar-refractivity contribution in [2.45, 2.75) is 19.3 Å². The lowest BCUT2D eigenvalue weighted by molar-refractivity contribution is -0.118. The molecule has 0 radical (unpaired) electrons. The van der Waals surface area contributed by atoms with Crippen LogP contribution in [0.2, 0.25) is 0 Å². The number of rotatable bonds is 0. The van der Waals surface area contributed by atoms with E-state index in [-0.39, 0.29) is 0 Å². The maximum absolute atomic E-state index is 10.8. The second-order valence-electron chi connectivity index (χ2n) is 2.43. The molecule has 0 amide bonds. The quantitative estimate of drug-likeness (QED) is 0.470. The van der Waals surface area contributed by atoms with E-state index < -0.39 is 0 Å². The zero-order chi connectivity index (χ0) is 6.69. The molecule has 1 aliphatic rings. The van der Waals surface area contributed by atoms with Crippen LogP contribution < -0.4 is 0 Å². The van der Waals surface area contributed by atoms with Gasteiger partial charge in [-0.05, 0) is 6.42 Å². The number of hydrogen-bond donors (Lipinski definition) is 0. The van der Waals surface area contributed by atoms with Crippen LogP contribution in [0.25, 0.3) is 0 Å². The van der Waals surface area contributed by atoms with Gasteiger partial charge in [0.25, 0.3) is 0 Å². The molecule has 1 unspecified atom stereocenters. The molecular weight excluding hydrogens is 133 g/mol. The van der Waals surface area contributed by atoms with Crippen molar-refractivity contribution < 1.29 is 4.79 Å². The molecule has 1 rings (SSSR count). The topological polar surface area (TPSA) is 20.3 Å². The van der Waals surface area contributed by atoms with E-state index >= 15 is 0 Å². The number of hydrogen-bond acceptors (Lipinski definition) is 2. The number of Topliss-reactive ketones (excluding diaryl/α,β-unsaturated/α-hetero) is 1. The minimum atomic E-state index is 0.417. The third-order valence-electron chi connectivity index (χ3n) is 1.58. The fourth-order valence-electron chi connectivity index (χ4n) is 0.984. The Balaban J connectivity index is 2.34. The van der Waals surface area contributed by atoms with Gasteiger partial charge in [-0.2, -0.15) is 0 Å². The minimum Gasteiger partial charge on any atom is -0.300 e. The van der Waals surface area contributed by atoms with Gasteiger partial charge in [-0.1, -0.05) is 9.39 Å². The van der Waals surface area contributed by atoms with Crippen molar-refractivity contribution in [1.29, 1.82) is 0 Å². The van der Waals surface area contributed by atoms with E-state index in [1.54, 1.807) is 0 Å². The third-order valence-corrected chi connectivity index (χ3v) is 2.10. The van der Waals surface area contributed by atoms with Crippen LogP contribution in [0.1, 0.15) is 19.3 Å². The van der Waals surface area contributed by atoms with Crippen molar-refractivity contribution in [3.63, 3.8) is 0 Å². The van der Waals surface area contributed by atoms with E-state index in [2.05, 4.69) is 14.1 Å². The van der Waals surface area contributed by atoms with Crippen molar-refractivity contribution in [2.75, 3.05) is 13.1 Å². The van der Waals surface area contributed by atoms with Gasteiger partial charge in [0.15, 0.2) is 0 Å². The summed E-state index contributed by atoms with van der Waals surface area (Å²) < 4.78 is 2.13. The first-order valence-corrected chi connectivity index (χ1v) is 3.82. The van der Waals surface area contributed by atoms with Crippen molar-refractivity contribution >= 4 is 15.2 Å². The molecule has 2 nitrogen and oxygen atoms in total. The summed E-state index contributed by atoms with van der Waals surface area (Å²) in [5, 5.41) is 0. The number of ketones is 1. The molecule has 0 aromatic rings. The standard InChI is InChI=1S/C6H12NOP/c8-6-2-1-4-7(9)5-3-6/h1-5,9H2. The molecule has 3 heteroatoms. The monoisotopic (exact) mass is 145 g/mol. The Bertz CT molecular complexity index is 116. The van der Waals surface area contributed by atoms with Crippen LogP contribution in [0, 0.1) is 0 Å². The molecule has 0 aromatic carbocycles. The summed E-state index contributed by atoms with van der Waals surface area (Å²) in [7, 11) is 2.64. The first-order valence-electron chi connectivity index (χ1n) is 3.30. The van der Waals surface area contributed by atoms with E-state index in [0.29, 0.717) is 5.78 Å². The van der Waals surface area contributed by atoms with Gasteiger partial charge < -0.3 is 0 Å². The van der Waals surface area contributed by atoms with Gasteiger partial charge in [0.1, 0.15) is 5.78 Å². The average molecular weight is 145 g/mol. The first kappa shape index (κ1) is 7.17. The fraction of sp³-hybridized carbons (Fsp3) is 0.833.